The number of hydrogen-bond acceptors (Lipinski definition) is 1. The Kier molecular flexibility index (Phi) is 2.78. The van der Waals surface area contributed by atoms with Gasteiger partial charge in [-0.25, -0.2) is 0 Å². The third kappa shape index (κ3) is 1.72. The van der Waals surface area contributed by atoms with E-state index in [1.54, 1.807) is 0 Å². The van der Waals surface area contributed by atoms with Gasteiger partial charge in [-0.3, -0.25) is 0 Å². The van der Waals surface area contributed by atoms with Crippen molar-refractivity contribution in [1.82, 2.24) is 4.90 Å². The van der Waals surface area contributed by atoms with Crippen LogP contribution in [0.25, 0.3) is 0 Å². The standard InChI is InChI=1S/C6H14NP/c8-6-5-7-3-1-2-4-7/h1-6,8H2. The van der Waals surface area contributed by atoms with Crippen LogP contribution in [0.3, 0.4) is 0 Å². The summed E-state index contributed by atoms with van der Waals surface area (Å²) in [6.45, 7) is 3.97. The lowest BCUT2D eigenvalue weighted by molar-refractivity contribution is 0.362. The van der Waals surface area contributed by atoms with Gasteiger partial charge < -0.3 is 4.90 Å². The average Bonchev–Trinajstić information content (AvgIpc) is 2.19. The molecular formula is C6H14NP. The van der Waals surface area contributed by atoms with E-state index < -0.39 is 0 Å². The molecule has 1 unspecified atom stereocenters. The highest BCUT2D eigenvalue weighted by atomic mass is 31.0. The second kappa shape index (κ2) is 3.42. The molecule has 1 aliphatic heterocycles. The SMILES string of the molecule is PCCN1CCCC1. The summed E-state index contributed by atoms with van der Waals surface area (Å²) in [6.07, 6.45) is 4.08. The van der Waals surface area contributed by atoms with Crippen LogP contribution in [-0.4, -0.2) is 30.7 Å². The van der Waals surface area contributed by atoms with E-state index in [0.717, 1.165) is 0 Å². The Labute approximate surface area is 53.6 Å². The maximum Gasteiger partial charge on any atom is 0.00159 e. The summed E-state index contributed by atoms with van der Waals surface area (Å²) in [4.78, 5) is 2.52. The molecule has 0 aromatic heterocycles. The summed E-state index contributed by atoms with van der Waals surface area (Å²) in [7, 11) is 2.77. The van der Waals surface area contributed by atoms with E-state index in [1.165, 1.54) is 38.6 Å². The van der Waals surface area contributed by atoms with Crippen molar-refractivity contribution >= 4 is 9.24 Å². The Morgan fingerprint density at radius 2 is 1.88 bits per heavy atom. The van der Waals surface area contributed by atoms with Crippen LogP contribution in [0, 0.1) is 0 Å². The summed E-state index contributed by atoms with van der Waals surface area (Å²) < 4.78 is 0. The summed E-state index contributed by atoms with van der Waals surface area (Å²) >= 11 is 0. The fraction of sp³-hybridized carbons (Fsp3) is 1.00. The van der Waals surface area contributed by atoms with Crippen LogP contribution in [0.5, 0.6) is 0 Å². The smallest absolute Gasteiger partial charge is 0.00159 e. The van der Waals surface area contributed by atoms with Crippen LogP contribution in [0.2, 0.25) is 0 Å². The van der Waals surface area contributed by atoms with Gasteiger partial charge in [0.2, 0.25) is 0 Å². The Morgan fingerprint density at radius 3 is 2.38 bits per heavy atom. The lowest BCUT2D eigenvalue weighted by Crippen LogP contribution is -2.20. The van der Waals surface area contributed by atoms with E-state index in [2.05, 4.69) is 14.1 Å². The Hall–Kier alpha value is 0.390. The molecule has 0 radical (unpaired) electrons. The van der Waals surface area contributed by atoms with Crippen LogP contribution >= 0.6 is 9.24 Å². The molecule has 1 saturated heterocycles. The first-order chi connectivity index (χ1) is 3.93. The van der Waals surface area contributed by atoms with Gasteiger partial charge in [0, 0.05) is 6.54 Å². The van der Waals surface area contributed by atoms with E-state index in [9.17, 15) is 0 Å². The monoisotopic (exact) mass is 131 g/mol. The summed E-state index contributed by atoms with van der Waals surface area (Å²) in [5.41, 5.74) is 0. The molecule has 1 atom stereocenters. The zero-order valence-electron chi connectivity index (χ0n) is 5.27. The fourth-order valence-corrected chi connectivity index (χ4v) is 1.55. The zero-order chi connectivity index (χ0) is 5.82. The molecule has 0 saturated carbocycles. The topological polar surface area (TPSA) is 3.24 Å². The number of nitrogens with zero attached hydrogens (tertiary/aromatic N) is 1. The molecule has 1 heterocycles. The van der Waals surface area contributed by atoms with Crippen LogP contribution < -0.4 is 0 Å². The Morgan fingerprint density at radius 1 is 1.25 bits per heavy atom. The highest BCUT2D eigenvalue weighted by Gasteiger charge is 2.08. The van der Waals surface area contributed by atoms with Gasteiger partial charge >= 0.3 is 0 Å². The number of hydrogen-bond donors (Lipinski definition) is 0. The highest BCUT2D eigenvalue weighted by Crippen LogP contribution is 2.06. The molecule has 0 N–H and O–H groups in total. The molecular weight excluding hydrogens is 117 g/mol. The second-order valence-electron chi connectivity index (χ2n) is 2.34. The molecule has 0 amide bonds. The lowest BCUT2D eigenvalue weighted by atomic mass is 10.4. The van der Waals surface area contributed by atoms with Crippen molar-refractivity contribution in [3.63, 3.8) is 0 Å². The minimum absolute atomic E-state index is 1.24. The first kappa shape index (κ1) is 6.51. The van der Waals surface area contributed by atoms with Gasteiger partial charge in [0.1, 0.15) is 0 Å². The van der Waals surface area contributed by atoms with Crippen molar-refractivity contribution in [2.45, 2.75) is 12.8 Å². The molecule has 2 heteroatoms. The van der Waals surface area contributed by atoms with Crippen LogP contribution in [0.1, 0.15) is 12.8 Å². The molecule has 1 fully saturated rings. The number of likely N-dealkylation sites (tertiary alicyclic amines) is 1. The molecule has 1 aliphatic rings. The predicted molar refractivity (Wildman–Crippen MR) is 40.3 cm³/mol. The van der Waals surface area contributed by atoms with E-state index in [4.69, 9.17) is 0 Å². The molecule has 0 bridgehead atoms. The normalized spacial score (nSPS) is 22.1. The van der Waals surface area contributed by atoms with Crippen LogP contribution in [-0.2, 0) is 0 Å². The maximum absolute atomic E-state index is 2.77. The number of rotatable bonds is 2. The molecule has 0 aliphatic carbocycles. The molecule has 8 heavy (non-hydrogen) atoms. The summed E-state index contributed by atoms with van der Waals surface area (Å²) in [5, 5.41) is 0. The summed E-state index contributed by atoms with van der Waals surface area (Å²) in [6, 6.07) is 0. The van der Waals surface area contributed by atoms with Gasteiger partial charge in [-0.05, 0) is 32.1 Å². The van der Waals surface area contributed by atoms with Gasteiger partial charge in [0.15, 0.2) is 0 Å². The van der Waals surface area contributed by atoms with E-state index in [-0.39, 0.29) is 0 Å². The molecule has 1 nitrogen and oxygen atoms in total. The predicted octanol–water partition coefficient (Wildman–Crippen LogP) is 0.957. The minimum atomic E-state index is 1.24. The molecule has 48 valence electrons. The third-order valence-electron chi connectivity index (χ3n) is 1.64. The molecule has 0 aromatic rings. The van der Waals surface area contributed by atoms with Crippen molar-refractivity contribution in [2.24, 2.45) is 0 Å². The van der Waals surface area contributed by atoms with Crippen molar-refractivity contribution in [3.8, 4) is 0 Å². The minimum Gasteiger partial charge on any atom is -0.303 e. The fourth-order valence-electron chi connectivity index (χ4n) is 1.19. The lowest BCUT2D eigenvalue weighted by Gasteiger charge is -2.11. The Balaban J connectivity index is 2.06. The summed E-state index contributed by atoms with van der Waals surface area (Å²) in [5.74, 6) is 0. The van der Waals surface area contributed by atoms with Gasteiger partial charge in [-0.1, -0.05) is 0 Å². The van der Waals surface area contributed by atoms with Gasteiger partial charge in [-0.2, -0.15) is 0 Å². The highest BCUT2D eigenvalue weighted by molar-refractivity contribution is 7.16. The molecule has 0 aromatic carbocycles. The third-order valence-corrected chi connectivity index (χ3v) is 1.90. The van der Waals surface area contributed by atoms with E-state index in [0.29, 0.717) is 0 Å². The quantitative estimate of drug-likeness (QED) is 0.504. The van der Waals surface area contributed by atoms with Crippen molar-refractivity contribution in [2.75, 3.05) is 25.8 Å². The first-order valence-electron chi connectivity index (χ1n) is 3.36. The molecule has 0 spiro atoms. The van der Waals surface area contributed by atoms with Gasteiger partial charge in [0.25, 0.3) is 0 Å². The van der Waals surface area contributed by atoms with Crippen LogP contribution in [0.15, 0.2) is 0 Å². The van der Waals surface area contributed by atoms with Crippen LogP contribution in [0.4, 0.5) is 0 Å². The van der Waals surface area contributed by atoms with Crippen molar-refractivity contribution < 1.29 is 0 Å². The van der Waals surface area contributed by atoms with E-state index in [1.807, 2.05) is 0 Å². The Bertz CT molecular complexity index is 59.5. The first-order valence-corrected chi connectivity index (χ1v) is 4.17. The average molecular weight is 131 g/mol. The van der Waals surface area contributed by atoms with Crippen molar-refractivity contribution in [1.29, 1.82) is 0 Å². The zero-order valence-corrected chi connectivity index (χ0v) is 6.42. The molecule has 1 rings (SSSR count). The maximum atomic E-state index is 2.77. The van der Waals surface area contributed by atoms with Gasteiger partial charge in [-0.15, -0.1) is 9.24 Å². The van der Waals surface area contributed by atoms with E-state index >= 15 is 0 Å². The second-order valence-corrected chi connectivity index (χ2v) is 2.91. The largest absolute Gasteiger partial charge is 0.303 e. The van der Waals surface area contributed by atoms with Gasteiger partial charge in [0.05, 0.1) is 0 Å². The van der Waals surface area contributed by atoms with Crippen molar-refractivity contribution in [3.05, 3.63) is 0 Å².